The second-order valence-corrected chi connectivity index (χ2v) is 12.2. The lowest BCUT2D eigenvalue weighted by atomic mass is 9.97. The Kier molecular flexibility index (Phi) is 6.84. The van der Waals surface area contributed by atoms with Crippen LogP contribution in [0.5, 0.6) is 0 Å². The molecule has 2 heteroatoms. The molecule has 0 atom stereocenters. The Bertz CT molecular complexity index is 2480. The lowest BCUT2D eigenvalue weighted by Crippen LogP contribution is -2.10. The third kappa shape index (κ3) is 4.83. The van der Waals surface area contributed by atoms with Crippen molar-refractivity contribution in [3.63, 3.8) is 0 Å². The zero-order valence-corrected chi connectivity index (χ0v) is 26.4. The van der Waals surface area contributed by atoms with E-state index in [1.54, 1.807) is 0 Å². The summed E-state index contributed by atoms with van der Waals surface area (Å²) in [6, 6.07) is 69.9. The Morgan fingerprint density at radius 2 is 0.854 bits per heavy atom. The van der Waals surface area contributed by atoms with Gasteiger partial charge in [-0.1, -0.05) is 133 Å². The van der Waals surface area contributed by atoms with E-state index in [1.807, 2.05) is 0 Å². The van der Waals surface area contributed by atoms with Gasteiger partial charge < -0.3 is 9.47 Å². The zero-order chi connectivity index (χ0) is 31.9. The fourth-order valence-corrected chi connectivity index (χ4v) is 7.12. The Balaban J connectivity index is 1.18. The molecular formula is C46H32N2. The molecule has 2 nitrogen and oxygen atoms in total. The van der Waals surface area contributed by atoms with Gasteiger partial charge in [-0.3, -0.25) is 0 Å². The molecule has 0 aliphatic heterocycles. The quantitative estimate of drug-likeness (QED) is 0.181. The van der Waals surface area contributed by atoms with Crippen LogP contribution in [-0.2, 0) is 0 Å². The molecule has 0 bridgehead atoms. The van der Waals surface area contributed by atoms with Gasteiger partial charge in [-0.2, -0.15) is 0 Å². The molecule has 0 amide bonds. The van der Waals surface area contributed by atoms with E-state index in [0.717, 1.165) is 22.7 Å². The third-order valence-electron chi connectivity index (χ3n) is 9.38. The number of anilines is 3. The molecule has 8 aromatic carbocycles. The largest absolute Gasteiger partial charge is 0.310 e. The maximum atomic E-state index is 2.37. The van der Waals surface area contributed by atoms with E-state index < -0.39 is 0 Å². The summed E-state index contributed by atoms with van der Waals surface area (Å²) in [5, 5.41) is 5.03. The zero-order valence-electron chi connectivity index (χ0n) is 26.4. The second-order valence-electron chi connectivity index (χ2n) is 12.2. The molecule has 0 saturated carbocycles. The summed E-state index contributed by atoms with van der Waals surface area (Å²) in [4.78, 5) is 2.36. The minimum atomic E-state index is 1.10. The number of hydrogen-bond donors (Lipinski definition) is 0. The first-order chi connectivity index (χ1) is 23.8. The Morgan fingerprint density at radius 3 is 1.56 bits per heavy atom. The average Bonchev–Trinajstić information content (AvgIpc) is 3.50. The van der Waals surface area contributed by atoms with Crippen molar-refractivity contribution in [1.29, 1.82) is 0 Å². The molecule has 226 valence electrons. The summed E-state index contributed by atoms with van der Waals surface area (Å²) in [6.07, 6.45) is 0. The fourth-order valence-electron chi connectivity index (χ4n) is 7.12. The molecule has 9 rings (SSSR count). The third-order valence-corrected chi connectivity index (χ3v) is 9.38. The summed E-state index contributed by atoms with van der Waals surface area (Å²) >= 11 is 0. The molecule has 0 unspecified atom stereocenters. The lowest BCUT2D eigenvalue weighted by Gasteiger charge is -2.26. The number of hydrogen-bond acceptors (Lipinski definition) is 1. The predicted molar refractivity (Wildman–Crippen MR) is 204 cm³/mol. The van der Waals surface area contributed by atoms with E-state index >= 15 is 0 Å². The Morgan fingerprint density at radius 1 is 0.333 bits per heavy atom. The summed E-state index contributed by atoms with van der Waals surface area (Å²) in [7, 11) is 0. The van der Waals surface area contributed by atoms with E-state index in [1.165, 1.54) is 54.8 Å². The van der Waals surface area contributed by atoms with Crippen molar-refractivity contribution in [2.45, 2.75) is 0 Å². The van der Waals surface area contributed by atoms with Gasteiger partial charge in [0.2, 0.25) is 0 Å². The summed E-state index contributed by atoms with van der Waals surface area (Å²) in [5.74, 6) is 0. The number of benzene rings is 8. The average molecular weight is 613 g/mol. The number of aromatic nitrogens is 1. The number of rotatable bonds is 6. The molecule has 0 radical (unpaired) electrons. The van der Waals surface area contributed by atoms with Crippen LogP contribution >= 0.6 is 0 Å². The topological polar surface area (TPSA) is 8.17 Å². The second kappa shape index (κ2) is 11.8. The van der Waals surface area contributed by atoms with Gasteiger partial charge >= 0.3 is 0 Å². The van der Waals surface area contributed by atoms with Crippen LogP contribution in [0.3, 0.4) is 0 Å². The summed E-state index contributed by atoms with van der Waals surface area (Å²) in [5.41, 5.74) is 11.7. The highest BCUT2D eigenvalue weighted by Crippen LogP contribution is 2.40. The first-order valence-electron chi connectivity index (χ1n) is 16.4. The highest BCUT2D eigenvalue weighted by Gasteiger charge is 2.16. The van der Waals surface area contributed by atoms with Crippen LogP contribution < -0.4 is 4.90 Å². The van der Waals surface area contributed by atoms with Gasteiger partial charge in [-0.05, 0) is 93.7 Å². The first kappa shape index (κ1) is 27.9. The van der Waals surface area contributed by atoms with E-state index in [2.05, 4.69) is 204 Å². The molecule has 0 fully saturated rings. The van der Waals surface area contributed by atoms with Crippen LogP contribution in [0.1, 0.15) is 0 Å². The molecular weight excluding hydrogens is 581 g/mol. The van der Waals surface area contributed by atoms with Gasteiger partial charge in [0.1, 0.15) is 0 Å². The Hall–Kier alpha value is -6.38. The maximum absolute atomic E-state index is 2.37. The molecule has 0 saturated heterocycles. The van der Waals surface area contributed by atoms with Crippen molar-refractivity contribution in [2.24, 2.45) is 0 Å². The molecule has 0 aliphatic carbocycles. The van der Waals surface area contributed by atoms with Gasteiger partial charge in [0.15, 0.2) is 0 Å². The fraction of sp³-hybridized carbons (Fsp3) is 0. The van der Waals surface area contributed by atoms with E-state index in [9.17, 15) is 0 Å². The van der Waals surface area contributed by atoms with Gasteiger partial charge in [0, 0.05) is 33.5 Å². The Labute approximate surface area is 280 Å². The van der Waals surface area contributed by atoms with Gasteiger partial charge in [0.05, 0.1) is 11.0 Å². The number of fused-ring (bicyclic) bond motifs is 4. The van der Waals surface area contributed by atoms with Crippen LogP contribution in [0.15, 0.2) is 194 Å². The molecule has 48 heavy (non-hydrogen) atoms. The van der Waals surface area contributed by atoms with Crippen molar-refractivity contribution in [3.8, 4) is 27.9 Å². The molecule has 0 spiro atoms. The van der Waals surface area contributed by atoms with Gasteiger partial charge in [-0.15, -0.1) is 0 Å². The van der Waals surface area contributed by atoms with Gasteiger partial charge in [0.25, 0.3) is 0 Å². The molecule has 1 heterocycles. The van der Waals surface area contributed by atoms with Gasteiger partial charge in [-0.25, -0.2) is 0 Å². The van der Waals surface area contributed by atoms with Crippen LogP contribution in [0, 0.1) is 0 Å². The van der Waals surface area contributed by atoms with E-state index in [4.69, 9.17) is 0 Å². The predicted octanol–water partition coefficient (Wildman–Crippen LogP) is 12.7. The molecule has 0 aliphatic rings. The van der Waals surface area contributed by atoms with Crippen molar-refractivity contribution in [2.75, 3.05) is 4.90 Å². The molecule has 9 aromatic rings. The van der Waals surface area contributed by atoms with Crippen LogP contribution in [-0.4, -0.2) is 4.57 Å². The molecule has 1 aromatic heterocycles. The van der Waals surface area contributed by atoms with Crippen molar-refractivity contribution in [1.82, 2.24) is 4.57 Å². The first-order valence-corrected chi connectivity index (χ1v) is 16.4. The highest BCUT2D eigenvalue weighted by molar-refractivity contribution is 6.09. The van der Waals surface area contributed by atoms with Crippen molar-refractivity contribution < 1.29 is 0 Å². The van der Waals surface area contributed by atoms with Crippen LogP contribution in [0.2, 0.25) is 0 Å². The number of nitrogens with zero attached hydrogens (tertiary/aromatic N) is 2. The minimum Gasteiger partial charge on any atom is -0.310 e. The van der Waals surface area contributed by atoms with E-state index in [-0.39, 0.29) is 0 Å². The summed E-state index contributed by atoms with van der Waals surface area (Å²) in [6.45, 7) is 0. The van der Waals surface area contributed by atoms with Crippen molar-refractivity contribution >= 4 is 49.6 Å². The highest BCUT2D eigenvalue weighted by atomic mass is 15.1. The number of para-hydroxylation sites is 2. The normalized spacial score (nSPS) is 11.3. The van der Waals surface area contributed by atoms with Crippen molar-refractivity contribution in [3.05, 3.63) is 194 Å². The maximum Gasteiger partial charge on any atom is 0.0541 e. The molecule has 0 N–H and O–H groups in total. The van der Waals surface area contributed by atoms with Crippen LogP contribution in [0.4, 0.5) is 17.1 Å². The monoisotopic (exact) mass is 612 g/mol. The summed E-state index contributed by atoms with van der Waals surface area (Å²) < 4.78 is 2.37. The van der Waals surface area contributed by atoms with Crippen LogP contribution in [0.25, 0.3) is 60.5 Å². The standard InChI is InChI=1S/C46H32N2/c1-2-12-33(13-3-1)34-24-26-37(27-25-34)47(40-17-10-16-36(32-40)42-21-11-15-35-14-4-5-18-41(35)42)38-28-30-39(31-29-38)48-45-22-8-6-19-43(45)44-20-7-9-23-46(44)48/h1-32H. The SMILES string of the molecule is c1ccc(-c2ccc(N(c3ccc(-n4c5ccccc5c5ccccc54)cc3)c3cccc(-c4cccc5ccccc45)c3)cc2)cc1. The minimum absolute atomic E-state index is 1.10. The smallest absolute Gasteiger partial charge is 0.0541 e. The lowest BCUT2D eigenvalue weighted by molar-refractivity contribution is 1.17. The van der Waals surface area contributed by atoms with E-state index in [0.29, 0.717) is 0 Å².